The predicted octanol–water partition coefficient (Wildman–Crippen LogP) is 2.60. The van der Waals surface area contributed by atoms with Crippen molar-refractivity contribution in [3.63, 3.8) is 0 Å². The Morgan fingerprint density at radius 1 is 1.29 bits per heavy atom. The third-order valence-electron chi connectivity index (χ3n) is 5.58. The lowest BCUT2D eigenvalue weighted by molar-refractivity contribution is 0.0953. The lowest BCUT2D eigenvalue weighted by atomic mass is 10.0. The van der Waals surface area contributed by atoms with E-state index < -0.39 is 0 Å². The fraction of sp³-hybridized carbons (Fsp3) is 0.524. The van der Waals surface area contributed by atoms with Crippen molar-refractivity contribution in [2.45, 2.75) is 37.6 Å². The molecular weight excluding hydrogens is 370 g/mol. The van der Waals surface area contributed by atoms with Gasteiger partial charge in [0.25, 0.3) is 0 Å². The van der Waals surface area contributed by atoms with Gasteiger partial charge in [0.15, 0.2) is 5.11 Å². The topological polar surface area (TPSA) is 45.6 Å². The molecule has 7 heteroatoms. The molecule has 4 heterocycles. The highest BCUT2D eigenvalue weighted by Gasteiger charge is 2.41. The first-order valence-electron chi connectivity index (χ1n) is 10.0. The third kappa shape index (κ3) is 4.06. The summed E-state index contributed by atoms with van der Waals surface area (Å²) in [6, 6.07) is 10.6. The van der Waals surface area contributed by atoms with E-state index >= 15 is 0 Å². The van der Waals surface area contributed by atoms with Gasteiger partial charge in [-0.2, -0.15) is 0 Å². The number of nitrogens with zero attached hydrogens (tertiary/aromatic N) is 4. The molecule has 0 amide bonds. The second-order valence-corrected chi connectivity index (χ2v) is 8.23. The molecule has 1 N–H and O–H groups in total. The molecule has 2 fully saturated rings. The molecule has 0 spiro atoms. The lowest BCUT2D eigenvalue weighted by Gasteiger charge is -2.30. The number of likely N-dealkylation sites (N-methyl/N-ethyl adjacent to an activating group) is 1. The van der Waals surface area contributed by atoms with E-state index in [4.69, 9.17) is 17.0 Å². The van der Waals surface area contributed by atoms with Crippen LogP contribution in [0.4, 0.5) is 0 Å². The SMILES string of the molecule is CN(C)CCN1C(=S)N[C@@H](c2ccccn2)[C@H]1c1cccn1C[C@@H]1CCCO1. The highest BCUT2D eigenvalue weighted by molar-refractivity contribution is 7.80. The molecule has 0 unspecified atom stereocenters. The summed E-state index contributed by atoms with van der Waals surface area (Å²) in [5.74, 6) is 0. The minimum Gasteiger partial charge on any atom is -0.376 e. The zero-order valence-electron chi connectivity index (χ0n) is 16.6. The lowest BCUT2D eigenvalue weighted by Crippen LogP contribution is -2.36. The summed E-state index contributed by atoms with van der Waals surface area (Å²) in [5, 5.41) is 4.33. The van der Waals surface area contributed by atoms with Crippen LogP contribution < -0.4 is 5.32 Å². The zero-order valence-corrected chi connectivity index (χ0v) is 17.4. The fourth-order valence-corrected chi connectivity index (χ4v) is 4.48. The number of thiocarbonyl (C=S) groups is 1. The summed E-state index contributed by atoms with van der Waals surface area (Å²) < 4.78 is 8.23. The molecule has 0 aliphatic carbocycles. The van der Waals surface area contributed by atoms with Crippen LogP contribution in [-0.2, 0) is 11.3 Å². The Kier molecular flexibility index (Phi) is 5.94. The molecule has 2 aromatic heterocycles. The molecule has 2 aliphatic rings. The normalized spacial score (nSPS) is 24.9. The van der Waals surface area contributed by atoms with Crippen molar-refractivity contribution in [2.24, 2.45) is 0 Å². The van der Waals surface area contributed by atoms with Crippen LogP contribution in [0.15, 0.2) is 42.7 Å². The van der Waals surface area contributed by atoms with E-state index in [1.165, 1.54) is 5.69 Å². The first-order valence-corrected chi connectivity index (χ1v) is 10.4. The first-order chi connectivity index (χ1) is 13.6. The minimum atomic E-state index is 0.0361. The summed E-state index contributed by atoms with van der Waals surface area (Å²) in [7, 11) is 4.19. The summed E-state index contributed by atoms with van der Waals surface area (Å²) >= 11 is 5.74. The van der Waals surface area contributed by atoms with Crippen LogP contribution in [0.2, 0.25) is 0 Å². The van der Waals surface area contributed by atoms with Gasteiger partial charge in [0.05, 0.1) is 23.9 Å². The van der Waals surface area contributed by atoms with E-state index in [1.54, 1.807) is 0 Å². The fourth-order valence-electron chi connectivity index (χ4n) is 4.15. The van der Waals surface area contributed by atoms with Crippen LogP contribution in [0, 0.1) is 0 Å². The van der Waals surface area contributed by atoms with E-state index in [-0.39, 0.29) is 12.1 Å². The van der Waals surface area contributed by atoms with Crippen LogP contribution in [0.25, 0.3) is 0 Å². The second-order valence-electron chi connectivity index (χ2n) is 7.84. The number of rotatable bonds is 7. The maximum Gasteiger partial charge on any atom is 0.170 e. The molecule has 2 saturated heterocycles. The average Bonchev–Trinajstić information content (AvgIpc) is 3.42. The molecule has 0 bridgehead atoms. The van der Waals surface area contributed by atoms with Gasteiger partial charge in [-0.25, -0.2) is 0 Å². The minimum absolute atomic E-state index is 0.0361. The van der Waals surface area contributed by atoms with Gasteiger partial charge in [0.1, 0.15) is 0 Å². The molecule has 0 saturated carbocycles. The molecule has 3 atom stereocenters. The van der Waals surface area contributed by atoms with Crippen molar-refractivity contribution in [3.8, 4) is 0 Å². The zero-order chi connectivity index (χ0) is 19.5. The summed E-state index contributed by atoms with van der Waals surface area (Å²) in [5.41, 5.74) is 2.28. The summed E-state index contributed by atoms with van der Waals surface area (Å²) in [6.45, 7) is 3.58. The van der Waals surface area contributed by atoms with Gasteiger partial charge in [-0.1, -0.05) is 6.07 Å². The van der Waals surface area contributed by atoms with Crippen molar-refractivity contribution in [2.75, 3.05) is 33.8 Å². The maximum atomic E-state index is 5.89. The number of hydrogen-bond acceptors (Lipinski definition) is 4. The molecule has 0 aromatic carbocycles. The van der Waals surface area contributed by atoms with E-state index in [1.807, 2.05) is 18.3 Å². The van der Waals surface area contributed by atoms with Gasteiger partial charge in [-0.05, 0) is 63.4 Å². The Bertz CT molecular complexity index is 787. The van der Waals surface area contributed by atoms with E-state index in [0.29, 0.717) is 6.10 Å². The van der Waals surface area contributed by atoms with Gasteiger partial charge in [-0.3, -0.25) is 4.98 Å². The van der Waals surface area contributed by atoms with Crippen LogP contribution in [0.1, 0.15) is 36.3 Å². The standard InChI is InChI=1S/C21H29N5OS/c1-24(2)12-13-26-20(19(23-21(26)28)17-8-3-4-10-22-17)18-9-5-11-25(18)15-16-7-6-14-27-16/h3-5,8-11,16,19-20H,6-7,12-15H2,1-2H3,(H,23,28)/t16-,19-,20+/m0/s1. The van der Waals surface area contributed by atoms with E-state index in [9.17, 15) is 0 Å². The van der Waals surface area contributed by atoms with Crippen molar-refractivity contribution < 1.29 is 4.74 Å². The smallest absolute Gasteiger partial charge is 0.170 e. The molecule has 0 radical (unpaired) electrons. The molecule has 2 aromatic rings. The van der Waals surface area contributed by atoms with Crippen LogP contribution in [-0.4, -0.2) is 64.4 Å². The van der Waals surface area contributed by atoms with Gasteiger partial charge in [0.2, 0.25) is 0 Å². The van der Waals surface area contributed by atoms with Crippen LogP contribution in [0.5, 0.6) is 0 Å². The number of pyridine rings is 1. The van der Waals surface area contributed by atoms with E-state index in [2.05, 4.69) is 63.2 Å². The summed E-state index contributed by atoms with van der Waals surface area (Å²) in [6.07, 6.45) is 6.61. The number of hydrogen-bond donors (Lipinski definition) is 1. The summed E-state index contributed by atoms with van der Waals surface area (Å²) in [4.78, 5) is 9.13. The molecule has 150 valence electrons. The van der Waals surface area contributed by atoms with Crippen molar-refractivity contribution >= 4 is 17.3 Å². The highest BCUT2D eigenvalue weighted by atomic mass is 32.1. The van der Waals surface area contributed by atoms with Crippen molar-refractivity contribution in [1.82, 2.24) is 24.7 Å². The molecule has 2 aliphatic heterocycles. The third-order valence-corrected chi connectivity index (χ3v) is 5.93. The Balaban J connectivity index is 1.66. The quantitative estimate of drug-likeness (QED) is 0.722. The van der Waals surface area contributed by atoms with Crippen molar-refractivity contribution in [1.29, 1.82) is 0 Å². The monoisotopic (exact) mass is 399 g/mol. The first kappa shape index (κ1) is 19.4. The average molecular weight is 400 g/mol. The van der Waals surface area contributed by atoms with Crippen molar-refractivity contribution in [3.05, 3.63) is 54.1 Å². The van der Waals surface area contributed by atoms with Gasteiger partial charge >= 0.3 is 0 Å². The number of ether oxygens (including phenoxy) is 1. The van der Waals surface area contributed by atoms with E-state index in [0.717, 1.165) is 49.9 Å². The Morgan fingerprint density at radius 2 is 2.18 bits per heavy atom. The maximum absolute atomic E-state index is 5.89. The molecular formula is C21H29N5OS. The Labute approximate surface area is 172 Å². The van der Waals surface area contributed by atoms with Crippen LogP contribution in [0.3, 0.4) is 0 Å². The molecule has 4 rings (SSSR count). The molecule has 28 heavy (non-hydrogen) atoms. The second kappa shape index (κ2) is 8.59. The largest absolute Gasteiger partial charge is 0.376 e. The Hall–Kier alpha value is -1.96. The van der Waals surface area contributed by atoms with Crippen LogP contribution >= 0.6 is 12.2 Å². The number of nitrogens with one attached hydrogen (secondary N) is 1. The van der Waals surface area contributed by atoms with Gasteiger partial charge in [-0.15, -0.1) is 0 Å². The Morgan fingerprint density at radius 3 is 2.89 bits per heavy atom. The predicted molar refractivity (Wildman–Crippen MR) is 114 cm³/mol. The van der Waals surface area contributed by atoms with Gasteiger partial charge in [0, 0.05) is 44.3 Å². The highest BCUT2D eigenvalue weighted by Crippen LogP contribution is 2.38. The molecule has 6 nitrogen and oxygen atoms in total. The number of aromatic nitrogens is 2. The van der Waals surface area contributed by atoms with Gasteiger partial charge < -0.3 is 24.4 Å².